The second-order valence-electron chi connectivity index (χ2n) is 4.25. The zero-order valence-electron chi connectivity index (χ0n) is 10.8. The van der Waals surface area contributed by atoms with Gasteiger partial charge >= 0.3 is 0 Å². The van der Waals surface area contributed by atoms with Crippen molar-refractivity contribution < 1.29 is 13.9 Å². The number of amides is 1. The van der Waals surface area contributed by atoms with Gasteiger partial charge in [-0.05, 0) is 42.8 Å². The van der Waals surface area contributed by atoms with E-state index in [0.29, 0.717) is 11.4 Å². The van der Waals surface area contributed by atoms with Gasteiger partial charge in [0.1, 0.15) is 11.6 Å². The molecule has 20 heavy (non-hydrogen) atoms. The minimum atomic E-state index is -0.390. The molecule has 0 aliphatic carbocycles. The van der Waals surface area contributed by atoms with E-state index in [1.165, 1.54) is 12.1 Å². The molecule has 0 radical (unpaired) electrons. The van der Waals surface area contributed by atoms with Crippen LogP contribution in [0.3, 0.4) is 0 Å². The van der Waals surface area contributed by atoms with Crippen LogP contribution >= 0.6 is 15.9 Å². The number of benzene rings is 2. The van der Waals surface area contributed by atoms with Crippen molar-refractivity contribution in [2.24, 2.45) is 0 Å². The molecular weight excluding hydrogens is 325 g/mol. The van der Waals surface area contributed by atoms with E-state index >= 15 is 0 Å². The molecule has 0 fully saturated rings. The maximum Gasteiger partial charge on any atom is 0.262 e. The summed E-state index contributed by atoms with van der Waals surface area (Å²) >= 11 is 3.32. The number of nitrogens with one attached hydrogen (secondary N) is 1. The Hall–Kier alpha value is -1.88. The fraction of sp³-hybridized carbons (Fsp3) is 0.133. The normalized spacial score (nSPS) is 10.2. The van der Waals surface area contributed by atoms with Gasteiger partial charge in [0.25, 0.3) is 5.91 Å². The van der Waals surface area contributed by atoms with Gasteiger partial charge in [0.2, 0.25) is 0 Å². The summed E-state index contributed by atoms with van der Waals surface area (Å²) in [5.41, 5.74) is 1.25. The van der Waals surface area contributed by atoms with Crippen molar-refractivity contribution in [3.63, 3.8) is 0 Å². The van der Waals surface area contributed by atoms with Crippen LogP contribution in [-0.4, -0.2) is 12.5 Å². The van der Waals surface area contributed by atoms with Gasteiger partial charge in [-0.1, -0.05) is 28.1 Å². The molecule has 5 heteroatoms. The molecule has 104 valence electrons. The Morgan fingerprint density at radius 3 is 2.85 bits per heavy atom. The topological polar surface area (TPSA) is 38.3 Å². The fourth-order valence-corrected chi connectivity index (χ4v) is 2.00. The van der Waals surface area contributed by atoms with Crippen molar-refractivity contribution >= 4 is 27.5 Å². The first-order valence-electron chi connectivity index (χ1n) is 5.99. The molecule has 2 rings (SSSR count). The summed E-state index contributed by atoms with van der Waals surface area (Å²) in [6.45, 7) is 1.66. The smallest absolute Gasteiger partial charge is 0.262 e. The van der Waals surface area contributed by atoms with Gasteiger partial charge in [0.15, 0.2) is 6.61 Å². The van der Waals surface area contributed by atoms with Crippen molar-refractivity contribution in [1.82, 2.24) is 0 Å². The van der Waals surface area contributed by atoms with Gasteiger partial charge in [0, 0.05) is 10.2 Å². The number of halogens is 2. The van der Waals surface area contributed by atoms with E-state index < -0.39 is 0 Å². The molecule has 0 saturated heterocycles. The van der Waals surface area contributed by atoms with Crippen LogP contribution in [0.15, 0.2) is 46.9 Å². The van der Waals surface area contributed by atoms with Crippen LogP contribution in [0.2, 0.25) is 0 Å². The highest BCUT2D eigenvalue weighted by Gasteiger charge is 2.07. The molecule has 0 aromatic heterocycles. The van der Waals surface area contributed by atoms with E-state index in [4.69, 9.17) is 4.74 Å². The monoisotopic (exact) mass is 337 g/mol. The average Bonchev–Trinajstić information content (AvgIpc) is 2.41. The quantitative estimate of drug-likeness (QED) is 0.918. The molecule has 1 N–H and O–H groups in total. The van der Waals surface area contributed by atoms with Crippen LogP contribution in [0.25, 0.3) is 0 Å². The summed E-state index contributed by atoms with van der Waals surface area (Å²) in [5.74, 6) is -0.136. The summed E-state index contributed by atoms with van der Waals surface area (Å²) in [6, 6.07) is 11.4. The van der Waals surface area contributed by atoms with Crippen LogP contribution < -0.4 is 10.1 Å². The average molecular weight is 338 g/mol. The van der Waals surface area contributed by atoms with Crippen molar-refractivity contribution in [3.8, 4) is 5.75 Å². The fourth-order valence-electron chi connectivity index (χ4n) is 1.62. The molecule has 2 aromatic rings. The van der Waals surface area contributed by atoms with Gasteiger partial charge in [-0.15, -0.1) is 0 Å². The lowest BCUT2D eigenvalue weighted by Crippen LogP contribution is -2.20. The van der Waals surface area contributed by atoms with Crippen molar-refractivity contribution in [3.05, 3.63) is 58.3 Å². The Labute approximate surface area is 124 Å². The number of carbonyl (C=O) groups excluding carboxylic acids is 1. The highest BCUT2D eigenvalue weighted by Crippen LogP contribution is 2.18. The van der Waals surface area contributed by atoms with E-state index in [1.54, 1.807) is 25.1 Å². The molecule has 2 aromatic carbocycles. The van der Waals surface area contributed by atoms with E-state index in [-0.39, 0.29) is 18.3 Å². The first-order valence-corrected chi connectivity index (χ1v) is 6.78. The molecule has 0 spiro atoms. The molecule has 0 atom stereocenters. The molecule has 0 aliphatic heterocycles. The molecule has 0 saturated carbocycles. The van der Waals surface area contributed by atoms with E-state index in [0.717, 1.165) is 10.0 Å². The Morgan fingerprint density at radius 1 is 1.30 bits per heavy atom. The summed E-state index contributed by atoms with van der Waals surface area (Å²) < 4.78 is 19.3. The maximum absolute atomic E-state index is 13.1. The number of aryl methyl sites for hydroxylation is 1. The first-order chi connectivity index (χ1) is 9.54. The molecular formula is C15H13BrFNO2. The van der Waals surface area contributed by atoms with Crippen LogP contribution in [0.4, 0.5) is 10.1 Å². The van der Waals surface area contributed by atoms with Crippen molar-refractivity contribution in [1.29, 1.82) is 0 Å². The Morgan fingerprint density at radius 2 is 2.10 bits per heavy atom. The van der Waals surface area contributed by atoms with Crippen molar-refractivity contribution in [2.45, 2.75) is 6.92 Å². The Kier molecular flexibility index (Phi) is 4.74. The third-order valence-corrected chi connectivity index (χ3v) is 3.13. The van der Waals surface area contributed by atoms with Gasteiger partial charge < -0.3 is 10.1 Å². The molecule has 3 nitrogen and oxygen atoms in total. The second-order valence-corrected chi connectivity index (χ2v) is 5.17. The third-order valence-electron chi connectivity index (χ3n) is 2.64. The number of hydrogen-bond acceptors (Lipinski definition) is 2. The third kappa shape index (κ3) is 4.06. The Balaban J connectivity index is 1.94. The van der Waals surface area contributed by atoms with Gasteiger partial charge in [-0.25, -0.2) is 4.39 Å². The van der Waals surface area contributed by atoms with E-state index in [1.807, 2.05) is 12.1 Å². The summed E-state index contributed by atoms with van der Waals surface area (Å²) in [7, 11) is 0. The predicted molar refractivity (Wildman–Crippen MR) is 79.4 cm³/mol. The highest BCUT2D eigenvalue weighted by molar-refractivity contribution is 9.10. The standard InChI is InChI=1S/C15H13BrFNO2/c1-10-5-6-12(17)8-14(10)18-15(19)9-20-13-4-2-3-11(16)7-13/h2-8H,9H2,1H3,(H,18,19). The molecule has 1 amide bonds. The zero-order chi connectivity index (χ0) is 14.5. The highest BCUT2D eigenvalue weighted by atomic mass is 79.9. The zero-order valence-corrected chi connectivity index (χ0v) is 12.4. The molecule has 0 bridgehead atoms. The minimum absolute atomic E-state index is 0.133. The van der Waals surface area contributed by atoms with Crippen LogP contribution in [0.5, 0.6) is 5.75 Å². The lowest BCUT2D eigenvalue weighted by atomic mass is 10.2. The lowest BCUT2D eigenvalue weighted by Gasteiger charge is -2.09. The molecule has 0 heterocycles. The van der Waals surface area contributed by atoms with Gasteiger partial charge in [-0.2, -0.15) is 0 Å². The number of rotatable bonds is 4. The number of hydrogen-bond donors (Lipinski definition) is 1. The number of carbonyl (C=O) groups is 1. The van der Waals surface area contributed by atoms with Crippen LogP contribution in [0.1, 0.15) is 5.56 Å². The van der Waals surface area contributed by atoms with Gasteiger partial charge in [-0.3, -0.25) is 4.79 Å². The second kappa shape index (κ2) is 6.52. The number of ether oxygens (including phenoxy) is 1. The van der Waals surface area contributed by atoms with Gasteiger partial charge in [0.05, 0.1) is 0 Å². The van der Waals surface area contributed by atoms with E-state index in [9.17, 15) is 9.18 Å². The SMILES string of the molecule is Cc1ccc(F)cc1NC(=O)COc1cccc(Br)c1. The molecule has 0 unspecified atom stereocenters. The molecule has 0 aliphatic rings. The van der Waals surface area contributed by atoms with E-state index in [2.05, 4.69) is 21.2 Å². The van der Waals surface area contributed by atoms with Crippen LogP contribution in [0, 0.1) is 12.7 Å². The lowest BCUT2D eigenvalue weighted by molar-refractivity contribution is -0.118. The number of anilines is 1. The Bertz CT molecular complexity index is 631. The van der Waals surface area contributed by atoms with Crippen LogP contribution in [-0.2, 0) is 4.79 Å². The summed E-state index contributed by atoms with van der Waals surface area (Å²) in [5, 5.41) is 2.62. The predicted octanol–water partition coefficient (Wildman–Crippen LogP) is 3.91. The minimum Gasteiger partial charge on any atom is -0.484 e. The largest absolute Gasteiger partial charge is 0.484 e. The maximum atomic E-state index is 13.1. The summed E-state index contributed by atoms with van der Waals surface area (Å²) in [4.78, 5) is 11.8. The summed E-state index contributed by atoms with van der Waals surface area (Å²) in [6.07, 6.45) is 0. The first kappa shape index (κ1) is 14.5. The van der Waals surface area contributed by atoms with Crippen molar-refractivity contribution in [2.75, 3.05) is 11.9 Å².